The van der Waals surface area contributed by atoms with E-state index in [9.17, 15) is 0 Å². The molecule has 0 aliphatic heterocycles. The smallest absolute Gasteiger partial charge is 0.136 e. The molecule has 0 aliphatic carbocycles. The fourth-order valence-corrected chi connectivity index (χ4v) is 2.30. The van der Waals surface area contributed by atoms with E-state index in [1.165, 1.54) is 16.7 Å². The van der Waals surface area contributed by atoms with Gasteiger partial charge in [-0.25, -0.2) is 0 Å². The molecule has 3 rings (SSSR count). The van der Waals surface area contributed by atoms with Crippen LogP contribution >= 0.6 is 0 Å². The molecule has 2 aromatic carbocycles. The van der Waals surface area contributed by atoms with Gasteiger partial charge in [-0.05, 0) is 54.7 Å². The normalized spacial score (nSPS) is 9.91. The monoisotopic (exact) mass is 284 g/mol. The van der Waals surface area contributed by atoms with Crippen molar-refractivity contribution >= 4 is 0 Å². The summed E-state index contributed by atoms with van der Waals surface area (Å²) in [5, 5.41) is 8.11. The number of aryl methyl sites for hydroxylation is 1. The van der Waals surface area contributed by atoms with Gasteiger partial charge in [0.25, 0.3) is 0 Å². The quantitative estimate of drug-likeness (QED) is 0.627. The highest BCUT2D eigenvalue weighted by Gasteiger charge is 2.04. The van der Waals surface area contributed by atoms with Crippen LogP contribution in [0.25, 0.3) is 11.1 Å². The molecule has 0 unspecified atom stereocenters. The lowest BCUT2D eigenvalue weighted by atomic mass is 9.97. The predicted octanol–water partition coefficient (Wildman–Crippen LogP) is 4.16. The van der Waals surface area contributed by atoms with Gasteiger partial charge in [0, 0.05) is 5.56 Å². The molecule has 2 nitrogen and oxygen atoms in total. The van der Waals surface area contributed by atoms with Gasteiger partial charge in [0.2, 0.25) is 0 Å². The van der Waals surface area contributed by atoms with Crippen LogP contribution in [0.4, 0.5) is 0 Å². The minimum Gasteiger partial charge on any atom is -0.155 e. The van der Waals surface area contributed by atoms with Crippen LogP contribution in [0.5, 0.6) is 0 Å². The maximum Gasteiger partial charge on any atom is 0.136 e. The molecule has 0 spiro atoms. The second-order valence-electron chi connectivity index (χ2n) is 5.15. The molecule has 0 aliphatic rings. The van der Waals surface area contributed by atoms with Gasteiger partial charge in [-0.1, -0.05) is 48.4 Å². The summed E-state index contributed by atoms with van der Waals surface area (Å²) >= 11 is 0. The Morgan fingerprint density at radius 2 is 1.55 bits per heavy atom. The zero-order chi connectivity index (χ0) is 15.4. The summed E-state index contributed by atoms with van der Waals surface area (Å²) in [6.07, 6.45) is 0. The van der Waals surface area contributed by atoms with Gasteiger partial charge in [-0.3, -0.25) is 0 Å². The maximum atomic E-state index is 4.08. The van der Waals surface area contributed by atoms with Crippen LogP contribution in [0, 0.1) is 25.7 Å². The number of nitrogens with zero attached hydrogens (tertiary/aromatic N) is 2. The van der Waals surface area contributed by atoms with Crippen LogP contribution in [0.2, 0.25) is 0 Å². The Bertz CT molecular complexity index is 838. The van der Waals surface area contributed by atoms with E-state index in [-0.39, 0.29) is 0 Å². The fourth-order valence-electron chi connectivity index (χ4n) is 2.30. The zero-order valence-electron chi connectivity index (χ0n) is 12.7. The summed E-state index contributed by atoms with van der Waals surface area (Å²) in [7, 11) is 0. The largest absolute Gasteiger partial charge is 0.155 e. The van der Waals surface area contributed by atoms with Crippen molar-refractivity contribution in [3.63, 3.8) is 0 Å². The van der Waals surface area contributed by atoms with Gasteiger partial charge in [0.1, 0.15) is 5.69 Å². The van der Waals surface area contributed by atoms with Crippen molar-refractivity contribution in [3.8, 4) is 23.0 Å². The van der Waals surface area contributed by atoms with E-state index in [4.69, 9.17) is 0 Å². The molecule has 0 fully saturated rings. The molecule has 22 heavy (non-hydrogen) atoms. The first-order valence-electron chi connectivity index (χ1n) is 7.21. The van der Waals surface area contributed by atoms with Crippen LogP contribution in [0.3, 0.4) is 0 Å². The third-order valence-electron chi connectivity index (χ3n) is 3.54. The van der Waals surface area contributed by atoms with Gasteiger partial charge in [0.05, 0.1) is 5.69 Å². The second kappa shape index (κ2) is 6.24. The Morgan fingerprint density at radius 1 is 0.727 bits per heavy atom. The Balaban J connectivity index is 1.98. The molecule has 0 saturated heterocycles. The molecule has 3 aromatic rings. The standard InChI is InChI=1S/C20H16N2/c1-15-11-13-19(22-21-15)14-12-17-9-6-10-20(16(17)2)18-7-4-3-5-8-18/h3-11,13H,1-2H3. The summed E-state index contributed by atoms with van der Waals surface area (Å²) in [5.41, 5.74) is 6.20. The molecular weight excluding hydrogens is 268 g/mol. The van der Waals surface area contributed by atoms with Gasteiger partial charge in [0.15, 0.2) is 0 Å². The van der Waals surface area contributed by atoms with E-state index in [2.05, 4.69) is 59.3 Å². The number of hydrogen-bond acceptors (Lipinski definition) is 2. The maximum absolute atomic E-state index is 4.08. The first kappa shape index (κ1) is 14.0. The van der Waals surface area contributed by atoms with Crippen molar-refractivity contribution in [2.24, 2.45) is 0 Å². The minimum atomic E-state index is 0.690. The van der Waals surface area contributed by atoms with Crippen molar-refractivity contribution in [3.05, 3.63) is 83.2 Å². The van der Waals surface area contributed by atoms with E-state index in [1.807, 2.05) is 37.3 Å². The van der Waals surface area contributed by atoms with Crippen molar-refractivity contribution in [1.29, 1.82) is 0 Å². The predicted molar refractivity (Wildman–Crippen MR) is 89.4 cm³/mol. The lowest BCUT2D eigenvalue weighted by molar-refractivity contribution is 0.967. The average molecular weight is 284 g/mol. The van der Waals surface area contributed by atoms with E-state index in [1.54, 1.807) is 0 Å². The molecule has 1 aromatic heterocycles. The SMILES string of the molecule is Cc1ccc(C#Cc2cccc(-c3ccccc3)c2C)nn1. The molecule has 0 amide bonds. The Labute approximate surface area is 130 Å². The van der Waals surface area contributed by atoms with E-state index in [0.29, 0.717) is 5.69 Å². The molecule has 106 valence electrons. The van der Waals surface area contributed by atoms with Crippen molar-refractivity contribution in [1.82, 2.24) is 10.2 Å². The number of rotatable bonds is 1. The first-order chi connectivity index (χ1) is 10.7. The third-order valence-corrected chi connectivity index (χ3v) is 3.54. The summed E-state index contributed by atoms with van der Waals surface area (Å²) in [6.45, 7) is 4.02. The van der Waals surface area contributed by atoms with E-state index >= 15 is 0 Å². The van der Waals surface area contributed by atoms with Crippen LogP contribution in [-0.4, -0.2) is 10.2 Å². The van der Waals surface area contributed by atoms with Crippen LogP contribution in [0.1, 0.15) is 22.5 Å². The summed E-state index contributed by atoms with van der Waals surface area (Å²) in [4.78, 5) is 0. The van der Waals surface area contributed by atoms with Crippen molar-refractivity contribution in [2.45, 2.75) is 13.8 Å². The van der Waals surface area contributed by atoms with Crippen molar-refractivity contribution in [2.75, 3.05) is 0 Å². The molecule has 2 heteroatoms. The van der Waals surface area contributed by atoms with Crippen LogP contribution < -0.4 is 0 Å². The molecule has 1 heterocycles. The molecule has 0 saturated carbocycles. The third kappa shape index (κ3) is 3.05. The van der Waals surface area contributed by atoms with Gasteiger partial charge >= 0.3 is 0 Å². The summed E-state index contributed by atoms with van der Waals surface area (Å²) < 4.78 is 0. The highest BCUT2D eigenvalue weighted by Crippen LogP contribution is 2.25. The highest BCUT2D eigenvalue weighted by atomic mass is 15.1. The molecular formula is C20H16N2. The lowest BCUT2D eigenvalue weighted by Crippen LogP contribution is -1.90. The minimum absolute atomic E-state index is 0.690. The number of benzene rings is 2. The highest BCUT2D eigenvalue weighted by molar-refractivity contribution is 5.70. The first-order valence-corrected chi connectivity index (χ1v) is 7.21. The Hall–Kier alpha value is -2.92. The second-order valence-corrected chi connectivity index (χ2v) is 5.15. The lowest BCUT2D eigenvalue weighted by Gasteiger charge is -2.07. The molecule has 0 N–H and O–H groups in total. The van der Waals surface area contributed by atoms with E-state index < -0.39 is 0 Å². The van der Waals surface area contributed by atoms with E-state index in [0.717, 1.165) is 11.3 Å². The molecule has 0 atom stereocenters. The topological polar surface area (TPSA) is 25.8 Å². The van der Waals surface area contributed by atoms with Crippen molar-refractivity contribution < 1.29 is 0 Å². The van der Waals surface area contributed by atoms with Gasteiger partial charge in [-0.15, -0.1) is 5.10 Å². The number of hydrogen-bond donors (Lipinski definition) is 0. The Kier molecular flexibility index (Phi) is 3.98. The average Bonchev–Trinajstić information content (AvgIpc) is 2.56. The summed E-state index contributed by atoms with van der Waals surface area (Å²) in [6, 6.07) is 20.4. The van der Waals surface area contributed by atoms with Gasteiger partial charge < -0.3 is 0 Å². The van der Waals surface area contributed by atoms with Crippen LogP contribution in [-0.2, 0) is 0 Å². The van der Waals surface area contributed by atoms with Crippen LogP contribution in [0.15, 0.2) is 60.7 Å². The molecule has 0 radical (unpaired) electrons. The van der Waals surface area contributed by atoms with Gasteiger partial charge in [-0.2, -0.15) is 5.10 Å². The summed E-state index contributed by atoms with van der Waals surface area (Å²) in [5.74, 6) is 6.29. The fraction of sp³-hybridized carbons (Fsp3) is 0.100. The number of aromatic nitrogens is 2. The zero-order valence-corrected chi connectivity index (χ0v) is 12.7. The molecule has 0 bridgehead atoms. The Morgan fingerprint density at radius 3 is 2.27 bits per heavy atom.